The number of aliphatic carboxylic acids is 1. The monoisotopic (exact) mass is 285 g/mol. The van der Waals surface area contributed by atoms with Gasteiger partial charge in [-0.05, 0) is 45.4 Å². The van der Waals surface area contributed by atoms with Crippen LogP contribution in [0.2, 0.25) is 0 Å². The zero-order valence-corrected chi connectivity index (χ0v) is 13.2. The molecule has 116 valence electrons. The molecule has 1 saturated heterocycles. The van der Waals surface area contributed by atoms with Gasteiger partial charge in [-0.3, -0.25) is 4.79 Å². The van der Waals surface area contributed by atoms with Crippen LogP contribution < -0.4 is 0 Å². The summed E-state index contributed by atoms with van der Waals surface area (Å²) in [5.74, 6) is -0.691. The van der Waals surface area contributed by atoms with Crippen molar-refractivity contribution in [2.24, 2.45) is 17.8 Å². The highest BCUT2D eigenvalue weighted by molar-refractivity contribution is 5.73. The van der Waals surface area contributed by atoms with Gasteiger partial charge in [0, 0.05) is 13.1 Å². The first-order valence-electron chi connectivity index (χ1n) is 7.31. The Morgan fingerprint density at radius 3 is 2.40 bits per heavy atom. The zero-order valence-electron chi connectivity index (χ0n) is 13.2. The minimum Gasteiger partial charge on any atom is -0.481 e. The summed E-state index contributed by atoms with van der Waals surface area (Å²) in [5.41, 5.74) is -0.551. The molecule has 1 fully saturated rings. The maximum Gasteiger partial charge on any atom is 0.410 e. The Labute approximate surface area is 121 Å². The Morgan fingerprint density at radius 2 is 1.95 bits per heavy atom. The fraction of sp³-hybridized carbons (Fsp3) is 0.867. The highest BCUT2D eigenvalue weighted by Gasteiger charge is 2.37. The molecule has 1 amide bonds. The molecule has 0 radical (unpaired) electrons. The van der Waals surface area contributed by atoms with Crippen LogP contribution in [-0.4, -0.2) is 40.8 Å². The predicted octanol–water partition coefficient (Wildman–Crippen LogP) is 2.99. The molecular formula is C15H27NO4. The molecule has 2 unspecified atom stereocenters. The molecule has 0 aromatic rings. The Balaban J connectivity index is 2.68. The molecule has 0 bridgehead atoms. The lowest BCUT2D eigenvalue weighted by Crippen LogP contribution is -2.48. The summed E-state index contributed by atoms with van der Waals surface area (Å²) in [5, 5.41) is 9.37. The first kappa shape index (κ1) is 16.8. The molecular weight excluding hydrogens is 258 g/mol. The smallest absolute Gasteiger partial charge is 0.410 e. The topological polar surface area (TPSA) is 66.8 Å². The summed E-state index contributed by atoms with van der Waals surface area (Å²) in [4.78, 5) is 25.0. The molecule has 2 atom stereocenters. The summed E-state index contributed by atoms with van der Waals surface area (Å²) in [7, 11) is 0. The number of carbonyl (C=O) groups is 2. The fourth-order valence-electron chi connectivity index (χ4n) is 2.66. The van der Waals surface area contributed by atoms with Crippen LogP contribution in [-0.2, 0) is 9.53 Å². The fourth-order valence-corrected chi connectivity index (χ4v) is 2.66. The van der Waals surface area contributed by atoms with Crippen LogP contribution in [0.3, 0.4) is 0 Å². The van der Waals surface area contributed by atoms with E-state index in [4.69, 9.17) is 4.74 Å². The molecule has 5 nitrogen and oxygen atoms in total. The van der Waals surface area contributed by atoms with Crippen molar-refractivity contribution in [1.29, 1.82) is 0 Å². The van der Waals surface area contributed by atoms with E-state index in [1.165, 1.54) is 4.90 Å². The van der Waals surface area contributed by atoms with E-state index in [1.54, 1.807) is 0 Å². The van der Waals surface area contributed by atoms with Gasteiger partial charge in [0.05, 0.1) is 5.92 Å². The maximum absolute atomic E-state index is 12.0. The summed E-state index contributed by atoms with van der Waals surface area (Å²) in [6, 6.07) is 0. The third kappa shape index (κ3) is 5.02. The van der Waals surface area contributed by atoms with Crippen molar-refractivity contribution in [1.82, 2.24) is 4.90 Å². The zero-order chi connectivity index (χ0) is 15.5. The Hall–Kier alpha value is -1.26. The van der Waals surface area contributed by atoms with Gasteiger partial charge in [-0.15, -0.1) is 0 Å². The van der Waals surface area contributed by atoms with Crippen molar-refractivity contribution in [3.63, 3.8) is 0 Å². The molecule has 0 spiro atoms. The lowest BCUT2D eigenvalue weighted by Gasteiger charge is -2.37. The van der Waals surface area contributed by atoms with Crippen molar-refractivity contribution in [3.05, 3.63) is 0 Å². The average molecular weight is 285 g/mol. The van der Waals surface area contributed by atoms with E-state index < -0.39 is 23.6 Å². The molecule has 0 aliphatic carbocycles. The van der Waals surface area contributed by atoms with Crippen LogP contribution in [0.5, 0.6) is 0 Å². The second-order valence-corrected chi connectivity index (χ2v) is 7.05. The molecule has 1 aliphatic rings. The number of piperidine rings is 1. The number of carboxylic acid groups (broad SMARTS) is 1. The van der Waals surface area contributed by atoms with E-state index in [0.717, 1.165) is 12.8 Å². The molecule has 0 saturated carbocycles. The largest absolute Gasteiger partial charge is 0.481 e. The Kier molecular flexibility index (Phi) is 5.42. The van der Waals surface area contributed by atoms with Gasteiger partial charge in [0.15, 0.2) is 0 Å². The third-order valence-corrected chi connectivity index (χ3v) is 3.50. The summed E-state index contributed by atoms with van der Waals surface area (Å²) < 4.78 is 5.32. The molecule has 0 aromatic carbocycles. The molecule has 1 rings (SSSR count). The van der Waals surface area contributed by atoms with Crippen LogP contribution in [0.1, 0.15) is 47.5 Å². The Bertz CT molecular complexity index is 359. The minimum atomic E-state index is -0.816. The van der Waals surface area contributed by atoms with Gasteiger partial charge in [-0.25, -0.2) is 4.79 Å². The average Bonchev–Trinajstić information content (AvgIpc) is 2.25. The van der Waals surface area contributed by atoms with Crippen LogP contribution in [0.15, 0.2) is 0 Å². The van der Waals surface area contributed by atoms with Crippen molar-refractivity contribution >= 4 is 12.1 Å². The van der Waals surface area contributed by atoms with Gasteiger partial charge >= 0.3 is 12.1 Å². The first-order valence-corrected chi connectivity index (χ1v) is 7.31. The van der Waals surface area contributed by atoms with Gasteiger partial charge in [0.25, 0.3) is 0 Å². The number of carboxylic acids is 1. The van der Waals surface area contributed by atoms with Crippen molar-refractivity contribution in [2.75, 3.05) is 13.1 Å². The van der Waals surface area contributed by atoms with Crippen molar-refractivity contribution in [2.45, 2.75) is 53.1 Å². The number of rotatable bonds is 3. The quantitative estimate of drug-likeness (QED) is 0.865. The van der Waals surface area contributed by atoms with E-state index in [0.29, 0.717) is 12.5 Å². The number of amides is 1. The normalized spacial score (nSPS) is 23.8. The maximum atomic E-state index is 12.0. The second-order valence-electron chi connectivity index (χ2n) is 7.05. The van der Waals surface area contributed by atoms with Gasteiger partial charge in [-0.1, -0.05) is 13.8 Å². The summed E-state index contributed by atoms with van der Waals surface area (Å²) in [6.07, 6.45) is 1.21. The van der Waals surface area contributed by atoms with E-state index >= 15 is 0 Å². The molecule has 1 aliphatic heterocycles. The highest BCUT2D eigenvalue weighted by atomic mass is 16.6. The van der Waals surface area contributed by atoms with Gasteiger partial charge in [0.1, 0.15) is 5.60 Å². The van der Waals surface area contributed by atoms with E-state index in [2.05, 4.69) is 13.8 Å². The molecule has 20 heavy (non-hydrogen) atoms. The number of nitrogens with zero attached hydrogens (tertiary/aromatic N) is 1. The van der Waals surface area contributed by atoms with E-state index in [9.17, 15) is 14.7 Å². The third-order valence-electron chi connectivity index (χ3n) is 3.50. The standard InChI is InChI=1S/C15H27NO4/c1-10(2)8-11-6-7-16(9-12(11)13(17)18)14(19)20-15(3,4)5/h10-12H,6-9H2,1-5H3,(H,17,18). The van der Waals surface area contributed by atoms with Crippen molar-refractivity contribution in [3.8, 4) is 0 Å². The SMILES string of the molecule is CC(C)CC1CCN(C(=O)OC(C)(C)C)CC1C(=O)O. The predicted molar refractivity (Wildman–Crippen MR) is 76.5 cm³/mol. The number of ether oxygens (including phenoxy) is 1. The van der Waals surface area contributed by atoms with Crippen molar-refractivity contribution < 1.29 is 19.4 Å². The van der Waals surface area contributed by atoms with Crippen LogP contribution in [0, 0.1) is 17.8 Å². The number of hydrogen-bond acceptors (Lipinski definition) is 3. The second kappa shape index (κ2) is 6.46. The summed E-state index contributed by atoms with van der Waals surface area (Å²) >= 11 is 0. The number of carbonyl (C=O) groups excluding carboxylic acids is 1. The molecule has 5 heteroatoms. The molecule has 1 heterocycles. The lowest BCUT2D eigenvalue weighted by atomic mass is 9.80. The van der Waals surface area contributed by atoms with Gasteiger partial charge in [-0.2, -0.15) is 0 Å². The van der Waals surface area contributed by atoms with E-state index in [-0.39, 0.29) is 12.5 Å². The minimum absolute atomic E-state index is 0.145. The number of likely N-dealkylation sites (tertiary alicyclic amines) is 1. The summed E-state index contributed by atoms with van der Waals surface area (Å²) in [6.45, 7) is 10.5. The molecule has 0 aromatic heterocycles. The molecule has 1 N–H and O–H groups in total. The van der Waals surface area contributed by atoms with Gasteiger partial charge in [0.2, 0.25) is 0 Å². The number of hydrogen-bond donors (Lipinski definition) is 1. The van der Waals surface area contributed by atoms with Gasteiger partial charge < -0.3 is 14.7 Å². The van der Waals surface area contributed by atoms with E-state index in [1.807, 2.05) is 20.8 Å². The highest BCUT2D eigenvalue weighted by Crippen LogP contribution is 2.30. The van der Waals surface area contributed by atoms with Crippen LogP contribution in [0.4, 0.5) is 4.79 Å². The lowest BCUT2D eigenvalue weighted by molar-refractivity contribution is -0.146. The van der Waals surface area contributed by atoms with Crippen LogP contribution in [0.25, 0.3) is 0 Å². The van der Waals surface area contributed by atoms with Crippen LogP contribution >= 0.6 is 0 Å². The first-order chi connectivity index (χ1) is 9.10. The Morgan fingerprint density at radius 1 is 1.35 bits per heavy atom.